The van der Waals surface area contributed by atoms with Crippen molar-refractivity contribution in [3.63, 3.8) is 0 Å². The number of nitrogens with zero attached hydrogens (tertiary/aromatic N) is 4. The Morgan fingerprint density at radius 1 is 0.346 bits per heavy atom. The van der Waals surface area contributed by atoms with E-state index >= 15 is 0 Å². The van der Waals surface area contributed by atoms with E-state index in [0.717, 1.165) is 55.9 Å². The van der Waals surface area contributed by atoms with Crippen LogP contribution in [0.2, 0.25) is 0 Å². The first kappa shape index (κ1) is 31.5. The molecule has 2 heterocycles. The summed E-state index contributed by atoms with van der Waals surface area (Å²) >= 11 is 0. The smallest absolute Gasteiger partial charge is 0.164 e. The van der Waals surface area contributed by atoms with Crippen molar-refractivity contribution in [3.05, 3.63) is 181 Å². The topological polar surface area (TPSA) is 51.6 Å². The molecule has 0 spiro atoms. The summed E-state index contributed by atoms with van der Waals surface area (Å²) in [7, 11) is 0. The normalized spacial score (nSPS) is 12.7. The first-order valence-corrected chi connectivity index (χ1v) is 17.7. The van der Waals surface area contributed by atoms with Crippen LogP contribution >= 0.6 is 0 Å². The summed E-state index contributed by atoms with van der Waals surface area (Å²) < 4.78 is 0. The zero-order valence-electron chi connectivity index (χ0n) is 29.4. The minimum absolute atomic E-state index is 0.0576. The van der Waals surface area contributed by atoms with Crippen molar-refractivity contribution < 1.29 is 0 Å². The molecule has 9 rings (SSSR count). The molecule has 0 radical (unpaired) electrons. The molecule has 6 aromatic carbocycles. The zero-order valence-corrected chi connectivity index (χ0v) is 29.4. The average Bonchev–Trinajstić information content (AvgIpc) is 3.43. The van der Waals surface area contributed by atoms with E-state index in [1.807, 2.05) is 73.7 Å². The van der Waals surface area contributed by atoms with Crippen molar-refractivity contribution in [1.82, 2.24) is 19.9 Å². The molecule has 4 heteroatoms. The van der Waals surface area contributed by atoms with E-state index in [1.165, 1.54) is 22.3 Å². The average molecular weight is 669 g/mol. The zero-order chi connectivity index (χ0) is 35.2. The van der Waals surface area contributed by atoms with E-state index in [0.29, 0.717) is 17.5 Å². The monoisotopic (exact) mass is 668 g/mol. The van der Waals surface area contributed by atoms with Gasteiger partial charge in [0.25, 0.3) is 0 Å². The molecule has 0 amide bonds. The molecule has 52 heavy (non-hydrogen) atoms. The molecule has 0 saturated carbocycles. The van der Waals surface area contributed by atoms with Gasteiger partial charge in [-0.3, -0.25) is 4.98 Å². The van der Waals surface area contributed by atoms with Gasteiger partial charge in [0.2, 0.25) is 0 Å². The van der Waals surface area contributed by atoms with E-state index in [1.54, 1.807) is 0 Å². The van der Waals surface area contributed by atoms with Gasteiger partial charge < -0.3 is 0 Å². The van der Waals surface area contributed by atoms with Crippen LogP contribution in [0.15, 0.2) is 164 Å². The fraction of sp³-hybridized carbons (Fsp3) is 0.0833. The molecule has 0 fully saturated rings. The van der Waals surface area contributed by atoms with Gasteiger partial charge in [-0.25, -0.2) is 15.0 Å². The Kier molecular flexibility index (Phi) is 7.66. The van der Waals surface area contributed by atoms with Crippen molar-refractivity contribution >= 4 is 0 Å². The van der Waals surface area contributed by atoms with E-state index in [-0.39, 0.29) is 5.41 Å². The number of aryl methyl sites for hydroxylation is 1. The van der Waals surface area contributed by atoms with E-state index < -0.39 is 0 Å². The van der Waals surface area contributed by atoms with Crippen LogP contribution in [0.4, 0.5) is 0 Å². The Balaban J connectivity index is 1.23. The second kappa shape index (κ2) is 12.7. The highest BCUT2D eigenvalue weighted by Gasteiger charge is 2.35. The number of fused-ring (bicyclic) bond motifs is 3. The van der Waals surface area contributed by atoms with Crippen LogP contribution < -0.4 is 0 Å². The van der Waals surface area contributed by atoms with Gasteiger partial charge in [-0.15, -0.1) is 0 Å². The fourth-order valence-corrected chi connectivity index (χ4v) is 7.46. The molecule has 8 aromatic rings. The maximum atomic E-state index is 5.11. The molecule has 1 aliphatic rings. The van der Waals surface area contributed by atoms with Crippen LogP contribution in [0, 0.1) is 6.92 Å². The van der Waals surface area contributed by atoms with Crippen LogP contribution in [0.1, 0.15) is 30.7 Å². The highest BCUT2D eigenvalue weighted by atomic mass is 15.0. The van der Waals surface area contributed by atoms with Crippen LogP contribution in [-0.2, 0) is 5.41 Å². The fourth-order valence-electron chi connectivity index (χ4n) is 7.46. The summed E-state index contributed by atoms with van der Waals surface area (Å²) in [6, 6.07) is 57.5. The third-order valence-corrected chi connectivity index (χ3v) is 10.2. The summed E-state index contributed by atoms with van der Waals surface area (Å²) in [5.41, 5.74) is 15.6. The van der Waals surface area contributed by atoms with Gasteiger partial charge in [0.15, 0.2) is 17.5 Å². The van der Waals surface area contributed by atoms with E-state index in [2.05, 4.69) is 111 Å². The standard InChI is InChI=1S/C48H36N4/c1-31-13-12-20-44(49-31)33-23-21-32(22-24-33)37-27-38(36-25-26-43-41(30-36)40-18-10-11-19-42(40)48(43,2)3)29-39(28-37)47-51-45(34-14-6-4-7-15-34)50-46(52-47)35-16-8-5-9-17-35/h4-30H,1-3H3. The molecule has 0 unspecified atom stereocenters. The maximum Gasteiger partial charge on any atom is 0.164 e. The minimum atomic E-state index is -0.0576. The molecular formula is C48H36N4. The lowest BCUT2D eigenvalue weighted by molar-refractivity contribution is 0.660. The Labute approximate surface area is 304 Å². The van der Waals surface area contributed by atoms with Crippen LogP contribution in [0.25, 0.3) is 78.8 Å². The summed E-state index contributed by atoms with van der Waals surface area (Å²) in [5.74, 6) is 1.91. The molecule has 2 aromatic heterocycles. The van der Waals surface area contributed by atoms with Gasteiger partial charge in [-0.1, -0.05) is 141 Å². The lowest BCUT2D eigenvalue weighted by atomic mass is 9.82. The van der Waals surface area contributed by atoms with Gasteiger partial charge in [0.1, 0.15) is 0 Å². The summed E-state index contributed by atoms with van der Waals surface area (Å²) in [6.45, 7) is 6.67. The molecule has 0 atom stereocenters. The van der Waals surface area contributed by atoms with Crippen LogP contribution in [0.3, 0.4) is 0 Å². The lowest BCUT2D eigenvalue weighted by Gasteiger charge is -2.21. The number of rotatable bonds is 6. The number of pyridine rings is 1. The number of hydrogen-bond acceptors (Lipinski definition) is 4. The first-order chi connectivity index (χ1) is 25.4. The second-order valence-corrected chi connectivity index (χ2v) is 14.0. The Hall–Kier alpha value is -6.52. The molecule has 4 nitrogen and oxygen atoms in total. The first-order valence-electron chi connectivity index (χ1n) is 17.7. The van der Waals surface area contributed by atoms with Crippen molar-refractivity contribution in [3.8, 4) is 78.8 Å². The van der Waals surface area contributed by atoms with Crippen molar-refractivity contribution in [1.29, 1.82) is 0 Å². The molecular weight excluding hydrogens is 633 g/mol. The Morgan fingerprint density at radius 3 is 1.52 bits per heavy atom. The van der Waals surface area contributed by atoms with Crippen LogP contribution in [0.5, 0.6) is 0 Å². The van der Waals surface area contributed by atoms with E-state index in [9.17, 15) is 0 Å². The lowest BCUT2D eigenvalue weighted by Crippen LogP contribution is -2.14. The molecule has 0 bridgehead atoms. The summed E-state index contributed by atoms with van der Waals surface area (Å²) in [6.07, 6.45) is 0. The number of aromatic nitrogens is 4. The third-order valence-electron chi connectivity index (χ3n) is 10.2. The van der Waals surface area contributed by atoms with Gasteiger partial charge in [-0.2, -0.15) is 0 Å². The molecule has 0 N–H and O–H groups in total. The van der Waals surface area contributed by atoms with Crippen molar-refractivity contribution in [2.75, 3.05) is 0 Å². The summed E-state index contributed by atoms with van der Waals surface area (Å²) in [4.78, 5) is 19.9. The molecule has 0 aliphatic heterocycles. The number of hydrogen-bond donors (Lipinski definition) is 0. The number of benzene rings is 6. The predicted molar refractivity (Wildman–Crippen MR) is 213 cm³/mol. The quantitative estimate of drug-likeness (QED) is 0.177. The van der Waals surface area contributed by atoms with Crippen LogP contribution in [-0.4, -0.2) is 19.9 Å². The minimum Gasteiger partial charge on any atom is -0.253 e. The highest BCUT2D eigenvalue weighted by Crippen LogP contribution is 2.49. The van der Waals surface area contributed by atoms with Crippen molar-refractivity contribution in [2.24, 2.45) is 0 Å². The second-order valence-electron chi connectivity index (χ2n) is 14.0. The highest BCUT2D eigenvalue weighted by molar-refractivity contribution is 5.87. The SMILES string of the molecule is Cc1cccc(-c2ccc(-c3cc(-c4ccc5c(c4)-c4ccccc4C5(C)C)cc(-c4nc(-c5ccccc5)nc(-c5ccccc5)n4)c3)cc2)n1. The van der Waals surface area contributed by atoms with Gasteiger partial charge >= 0.3 is 0 Å². The third kappa shape index (κ3) is 5.69. The largest absolute Gasteiger partial charge is 0.253 e. The Bertz CT molecular complexity index is 2530. The maximum absolute atomic E-state index is 5.11. The van der Waals surface area contributed by atoms with Crippen molar-refractivity contribution in [2.45, 2.75) is 26.2 Å². The summed E-state index contributed by atoms with van der Waals surface area (Å²) in [5, 5.41) is 0. The Morgan fingerprint density at radius 2 is 0.865 bits per heavy atom. The van der Waals surface area contributed by atoms with Gasteiger partial charge in [0.05, 0.1) is 5.69 Å². The molecule has 248 valence electrons. The molecule has 1 aliphatic carbocycles. The molecule has 0 saturated heterocycles. The van der Waals surface area contributed by atoms with Gasteiger partial charge in [-0.05, 0) is 87.8 Å². The predicted octanol–water partition coefficient (Wildman–Crippen LogP) is 11.9. The van der Waals surface area contributed by atoms with E-state index in [4.69, 9.17) is 19.9 Å². The van der Waals surface area contributed by atoms with Gasteiger partial charge in [0, 0.05) is 33.4 Å².